The third-order valence-corrected chi connectivity index (χ3v) is 4.37. The Morgan fingerprint density at radius 2 is 1.61 bits per heavy atom. The topological polar surface area (TPSA) is 70.7 Å². The second-order valence-corrected chi connectivity index (χ2v) is 7.64. The molecule has 0 spiro atoms. The van der Waals surface area contributed by atoms with Crippen molar-refractivity contribution in [3.8, 4) is 0 Å². The van der Waals surface area contributed by atoms with Crippen LogP contribution in [0.3, 0.4) is 0 Å². The average molecular weight is 325 g/mol. The predicted octanol–water partition coefficient (Wildman–Crippen LogP) is 3.37. The van der Waals surface area contributed by atoms with Crippen LogP contribution in [0.1, 0.15) is 72.1 Å². The van der Waals surface area contributed by atoms with Gasteiger partial charge in [-0.05, 0) is 52.9 Å². The molecule has 23 heavy (non-hydrogen) atoms. The number of amides is 3. The van der Waals surface area contributed by atoms with Crippen molar-refractivity contribution in [1.82, 2.24) is 15.5 Å². The Balaban J connectivity index is 1.87. The molecule has 2 fully saturated rings. The Hall–Kier alpha value is -1.46. The molecule has 1 heterocycles. The second kappa shape index (κ2) is 7.88. The van der Waals surface area contributed by atoms with E-state index in [-0.39, 0.29) is 24.3 Å². The van der Waals surface area contributed by atoms with Crippen molar-refractivity contribution < 1.29 is 14.3 Å². The van der Waals surface area contributed by atoms with Gasteiger partial charge in [0.25, 0.3) is 0 Å². The van der Waals surface area contributed by atoms with Gasteiger partial charge in [-0.1, -0.05) is 19.3 Å². The summed E-state index contributed by atoms with van der Waals surface area (Å²) in [6.07, 6.45) is 7.82. The Morgan fingerprint density at radius 1 is 0.957 bits per heavy atom. The summed E-state index contributed by atoms with van der Waals surface area (Å²) in [5.74, 6) is 0. The highest BCUT2D eigenvalue weighted by Crippen LogP contribution is 2.20. The Morgan fingerprint density at radius 3 is 2.26 bits per heavy atom. The van der Waals surface area contributed by atoms with Crippen molar-refractivity contribution in [3.05, 3.63) is 0 Å². The smallest absolute Gasteiger partial charge is 0.411 e. The van der Waals surface area contributed by atoms with E-state index in [9.17, 15) is 9.59 Å². The molecule has 2 aliphatic rings. The van der Waals surface area contributed by atoms with Crippen LogP contribution in [0, 0.1) is 0 Å². The summed E-state index contributed by atoms with van der Waals surface area (Å²) >= 11 is 0. The minimum absolute atomic E-state index is 0.169. The van der Waals surface area contributed by atoms with Crippen molar-refractivity contribution in [3.63, 3.8) is 0 Å². The fourth-order valence-corrected chi connectivity index (χ4v) is 3.25. The summed E-state index contributed by atoms with van der Waals surface area (Å²) in [6, 6.07) is 0.0969. The molecule has 0 aromatic rings. The summed E-state index contributed by atoms with van der Waals surface area (Å²) in [6.45, 7) is 6.19. The van der Waals surface area contributed by atoms with E-state index in [4.69, 9.17) is 4.74 Å². The summed E-state index contributed by atoms with van der Waals surface area (Å²) in [5.41, 5.74) is -0.524. The standard InChI is InChI=1S/C17H31N3O3/c1-17(2,3)23-16(22)20-12-8-7-11-14(20)19-15(21)18-13-9-5-4-6-10-13/h13-14H,4-12H2,1-3H3,(H2,18,19,21). The Labute approximate surface area is 139 Å². The molecule has 0 aromatic carbocycles. The number of nitrogens with one attached hydrogen (secondary N) is 2. The third-order valence-electron chi connectivity index (χ3n) is 4.37. The van der Waals surface area contributed by atoms with Gasteiger partial charge in [0, 0.05) is 12.6 Å². The molecule has 0 radical (unpaired) electrons. The van der Waals surface area contributed by atoms with E-state index in [2.05, 4.69) is 10.6 Å². The van der Waals surface area contributed by atoms with E-state index < -0.39 is 5.60 Å². The van der Waals surface area contributed by atoms with Crippen LogP contribution in [0.15, 0.2) is 0 Å². The zero-order chi connectivity index (χ0) is 16.9. The lowest BCUT2D eigenvalue weighted by atomic mass is 9.96. The van der Waals surface area contributed by atoms with Crippen molar-refractivity contribution in [1.29, 1.82) is 0 Å². The number of carbonyl (C=O) groups excluding carboxylic acids is 2. The van der Waals surface area contributed by atoms with Gasteiger partial charge in [-0.2, -0.15) is 0 Å². The molecule has 1 aliphatic carbocycles. The maximum atomic E-state index is 12.3. The minimum atomic E-state index is -0.524. The number of ether oxygens (including phenoxy) is 1. The number of nitrogens with zero attached hydrogens (tertiary/aromatic N) is 1. The first-order valence-corrected chi connectivity index (χ1v) is 8.92. The van der Waals surface area contributed by atoms with Crippen LogP contribution in [0.2, 0.25) is 0 Å². The fraction of sp³-hybridized carbons (Fsp3) is 0.882. The van der Waals surface area contributed by atoms with Gasteiger partial charge in [-0.3, -0.25) is 4.90 Å². The van der Waals surface area contributed by atoms with Gasteiger partial charge in [0.15, 0.2) is 0 Å². The van der Waals surface area contributed by atoms with Crippen molar-refractivity contribution >= 4 is 12.1 Å². The molecule has 6 heteroatoms. The van der Waals surface area contributed by atoms with E-state index in [0.717, 1.165) is 32.1 Å². The van der Waals surface area contributed by atoms with Crippen LogP contribution in [0.4, 0.5) is 9.59 Å². The molecule has 132 valence electrons. The molecule has 0 bridgehead atoms. The van der Waals surface area contributed by atoms with Gasteiger partial charge >= 0.3 is 12.1 Å². The molecule has 1 saturated carbocycles. The number of carbonyl (C=O) groups is 2. The summed E-state index contributed by atoms with van der Waals surface area (Å²) in [4.78, 5) is 26.2. The van der Waals surface area contributed by atoms with E-state index in [1.807, 2.05) is 20.8 Å². The third kappa shape index (κ3) is 5.92. The first-order valence-electron chi connectivity index (χ1n) is 8.92. The van der Waals surface area contributed by atoms with Crippen LogP contribution in [-0.2, 0) is 4.74 Å². The lowest BCUT2D eigenvalue weighted by molar-refractivity contribution is 0.00711. The van der Waals surface area contributed by atoms with Crippen LogP contribution in [0.25, 0.3) is 0 Å². The number of urea groups is 1. The first kappa shape index (κ1) is 17.9. The minimum Gasteiger partial charge on any atom is -0.444 e. The highest BCUT2D eigenvalue weighted by atomic mass is 16.6. The van der Waals surface area contributed by atoms with E-state index >= 15 is 0 Å². The molecule has 2 rings (SSSR count). The van der Waals surface area contributed by atoms with Crippen LogP contribution in [-0.4, -0.2) is 41.4 Å². The summed E-state index contributed by atoms with van der Waals surface area (Å²) in [5, 5.41) is 6.00. The molecule has 3 amide bonds. The fourth-order valence-electron chi connectivity index (χ4n) is 3.25. The molecule has 1 unspecified atom stereocenters. The Kier molecular flexibility index (Phi) is 6.13. The quantitative estimate of drug-likeness (QED) is 0.818. The number of piperidine rings is 1. The zero-order valence-electron chi connectivity index (χ0n) is 14.7. The second-order valence-electron chi connectivity index (χ2n) is 7.64. The van der Waals surface area contributed by atoms with E-state index in [1.54, 1.807) is 4.90 Å². The SMILES string of the molecule is CC(C)(C)OC(=O)N1CCCCC1NC(=O)NC1CCCCC1. The molecule has 2 N–H and O–H groups in total. The predicted molar refractivity (Wildman–Crippen MR) is 89.1 cm³/mol. The van der Waals surface area contributed by atoms with Crippen LogP contribution in [0.5, 0.6) is 0 Å². The molecular formula is C17H31N3O3. The van der Waals surface area contributed by atoms with Crippen molar-refractivity contribution in [2.24, 2.45) is 0 Å². The highest BCUT2D eigenvalue weighted by Gasteiger charge is 2.31. The largest absolute Gasteiger partial charge is 0.444 e. The molecule has 1 aliphatic heterocycles. The Bertz CT molecular complexity index is 414. The highest BCUT2D eigenvalue weighted by molar-refractivity contribution is 5.76. The molecule has 1 atom stereocenters. The first-order chi connectivity index (χ1) is 10.8. The van der Waals surface area contributed by atoms with E-state index in [1.165, 1.54) is 19.3 Å². The summed E-state index contributed by atoms with van der Waals surface area (Å²) < 4.78 is 5.45. The van der Waals surface area contributed by atoms with Gasteiger partial charge < -0.3 is 15.4 Å². The number of rotatable bonds is 2. The maximum absolute atomic E-state index is 12.3. The van der Waals surface area contributed by atoms with Crippen molar-refractivity contribution in [2.75, 3.05) is 6.54 Å². The van der Waals surface area contributed by atoms with Gasteiger partial charge in [0.05, 0.1) is 0 Å². The average Bonchev–Trinajstić information content (AvgIpc) is 2.47. The lowest BCUT2D eigenvalue weighted by Crippen LogP contribution is -2.57. The van der Waals surface area contributed by atoms with Gasteiger partial charge in [0.2, 0.25) is 0 Å². The number of hydrogen-bond donors (Lipinski definition) is 2. The maximum Gasteiger partial charge on any atom is 0.411 e. The molecule has 1 saturated heterocycles. The molecule has 0 aromatic heterocycles. The van der Waals surface area contributed by atoms with E-state index in [0.29, 0.717) is 6.54 Å². The van der Waals surface area contributed by atoms with Gasteiger partial charge in [-0.15, -0.1) is 0 Å². The molecule has 6 nitrogen and oxygen atoms in total. The lowest BCUT2D eigenvalue weighted by Gasteiger charge is -2.37. The zero-order valence-corrected chi connectivity index (χ0v) is 14.7. The van der Waals surface area contributed by atoms with Gasteiger partial charge in [-0.25, -0.2) is 9.59 Å². The monoisotopic (exact) mass is 325 g/mol. The summed E-state index contributed by atoms with van der Waals surface area (Å²) in [7, 11) is 0. The van der Waals surface area contributed by atoms with Crippen molar-refractivity contribution in [2.45, 2.75) is 89.9 Å². The number of hydrogen-bond acceptors (Lipinski definition) is 3. The number of likely N-dealkylation sites (tertiary alicyclic amines) is 1. The normalized spacial score (nSPS) is 23.3. The van der Waals surface area contributed by atoms with Crippen LogP contribution >= 0.6 is 0 Å². The van der Waals surface area contributed by atoms with Crippen LogP contribution < -0.4 is 10.6 Å². The van der Waals surface area contributed by atoms with Gasteiger partial charge in [0.1, 0.15) is 11.8 Å². The molecular weight excluding hydrogens is 294 g/mol.